The minimum Gasteiger partial charge on any atom is -0.372 e. The summed E-state index contributed by atoms with van der Waals surface area (Å²) in [6.07, 6.45) is 8.11. The average molecular weight is 351 g/mol. The molecule has 3 rings (SSSR count). The minimum absolute atomic E-state index is 0.712. The first kappa shape index (κ1) is 15.4. The van der Waals surface area contributed by atoms with Gasteiger partial charge in [-0.2, -0.15) is 0 Å². The van der Waals surface area contributed by atoms with Crippen LogP contribution in [-0.2, 0) is 6.54 Å². The van der Waals surface area contributed by atoms with E-state index in [0.29, 0.717) is 6.04 Å². The van der Waals surface area contributed by atoms with Gasteiger partial charge >= 0.3 is 0 Å². The molecule has 2 nitrogen and oxygen atoms in total. The standard InChI is InChI=1S/C18H27BrN2/c1-13-3-8-16(9-4-13)21(2)17-10-5-14(18(19)11-17)12-20-15-6-7-15/h5,10-11,13,15-16,20H,3-4,6-9,12H2,1-2H3. The Morgan fingerprint density at radius 2 is 1.86 bits per heavy atom. The Kier molecular flexibility index (Phi) is 4.90. The van der Waals surface area contributed by atoms with Crippen LogP contribution in [0.15, 0.2) is 22.7 Å². The van der Waals surface area contributed by atoms with Crippen molar-refractivity contribution in [2.45, 2.75) is 64.1 Å². The predicted octanol–water partition coefficient (Wildman–Crippen LogP) is 4.72. The molecule has 116 valence electrons. The highest BCUT2D eigenvalue weighted by Gasteiger charge is 2.23. The fourth-order valence-electron chi connectivity index (χ4n) is 3.28. The van der Waals surface area contributed by atoms with Crippen molar-refractivity contribution in [3.63, 3.8) is 0 Å². The van der Waals surface area contributed by atoms with Gasteiger partial charge in [-0.1, -0.05) is 28.9 Å². The molecule has 2 saturated carbocycles. The molecule has 2 aliphatic rings. The first-order chi connectivity index (χ1) is 10.1. The molecular formula is C18H27BrN2. The second-order valence-electron chi connectivity index (χ2n) is 6.96. The van der Waals surface area contributed by atoms with Crippen molar-refractivity contribution in [3.05, 3.63) is 28.2 Å². The van der Waals surface area contributed by atoms with E-state index in [1.807, 2.05) is 0 Å². The van der Waals surface area contributed by atoms with Gasteiger partial charge in [0.1, 0.15) is 0 Å². The van der Waals surface area contributed by atoms with Crippen LogP contribution in [-0.4, -0.2) is 19.1 Å². The summed E-state index contributed by atoms with van der Waals surface area (Å²) in [4.78, 5) is 2.48. The van der Waals surface area contributed by atoms with Crippen molar-refractivity contribution in [3.8, 4) is 0 Å². The third kappa shape index (κ3) is 4.01. The molecule has 0 aliphatic heterocycles. The topological polar surface area (TPSA) is 15.3 Å². The van der Waals surface area contributed by atoms with E-state index < -0.39 is 0 Å². The summed E-state index contributed by atoms with van der Waals surface area (Å²) in [6.45, 7) is 3.37. The van der Waals surface area contributed by atoms with Crippen molar-refractivity contribution >= 4 is 21.6 Å². The van der Waals surface area contributed by atoms with E-state index in [9.17, 15) is 0 Å². The van der Waals surface area contributed by atoms with Crippen LogP contribution >= 0.6 is 15.9 Å². The van der Waals surface area contributed by atoms with Crippen molar-refractivity contribution in [1.82, 2.24) is 5.32 Å². The Bertz CT molecular complexity index is 476. The van der Waals surface area contributed by atoms with Gasteiger partial charge in [0.05, 0.1) is 0 Å². The third-order valence-corrected chi connectivity index (χ3v) is 5.87. The van der Waals surface area contributed by atoms with Crippen LogP contribution in [0.5, 0.6) is 0 Å². The normalized spacial score (nSPS) is 25.9. The molecule has 1 aromatic rings. The molecule has 1 aromatic carbocycles. The third-order valence-electron chi connectivity index (χ3n) is 5.14. The van der Waals surface area contributed by atoms with Crippen molar-refractivity contribution in [2.75, 3.05) is 11.9 Å². The van der Waals surface area contributed by atoms with E-state index in [1.165, 1.54) is 54.2 Å². The maximum atomic E-state index is 3.75. The van der Waals surface area contributed by atoms with E-state index in [2.05, 4.69) is 58.3 Å². The second kappa shape index (κ2) is 6.70. The first-order valence-corrected chi connectivity index (χ1v) is 9.17. The number of rotatable bonds is 5. The molecule has 0 atom stereocenters. The Morgan fingerprint density at radius 3 is 2.48 bits per heavy atom. The molecule has 0 bridgehead atoms. The minimum atomic E-state index is 0.712. The summed E-state index contributed by atoms with van der Waals surface area (Å²) in [6, 6.07) is 8.33. The molecular weight excluding hydrogens is 324 g/mol. The number of halogens is 1. The lowest BCUT2D eigenvalue weighted by atomic mass is 9.86. The smallest absolute Gasteiger partial charge is 0.0377 e. The van der Waals surface area contributed by atoms with E-state index in [-0.39, 0.29) is 0 Å². The molecule has 0 unspecified atom stereocenters. The van der Waals surface area contributed by atoms with Crippen molar-refractivity contribution < 1.29 is 0 Å². The summed E-state index contributed by atoms with van der Waals surface area (Å²) in [5.74, 6) is 0.914. The van der Waals surface area contributed by atoms with Gasteiger partial charge in [-0.3, -0.25) is 0 Å². The van der Waals surface area contributed by atoms with E-state index in [0.717, 1.165) is 18.5 Å². The van der Waals surface area contributed by atoms with E-state index in [4.69, 9.17) is 0 Å². The summed E-state index contributed by atoms with van der Waals surface area (Å²) in [5, 5.41) is 3.59. The Balaban J connectivity index is 1.62. The molecule has 0 amide bonds. The van der Waals surface area contributed by atoms with Gasteiger partial charge in [0.15, 0.2) is 0 Å². The highest BCUT2D eigenvalue weighted by molar-refractivity contribution is 9.10. The largest absolute Gasteiger partial charge is 0.372 e. The lowest BCUT2D eigenvalue weighted by Crippen LogP contribution is -2.34. The van der Waals surface area contributed by atoms with Gasteiger partial charge in [-0.15, -0.1) is 0 Å². The fraction of sp³-hybridized carbons (Fsp3) is 0.667. The lowest BCUT2D eigenvalue weighted by molar-refractivity contribution is 0.341. The van der Waals surface area contributed by atoms with Crippen LogP contribution in [0.1, 0.15) is 51.0 Å². The van der Waals surface area contributed by atoms with Crippen molar-refractivity contribution in [2.24, 2.45) is 5.92 Å². The van der Waals surface area contributed by atoms with E-state index in [1.54, 1.807) is 0 Å². The van der Waals surface area contributed by atoms with Crippen LogP contribution in [0.3, 0.4) is 0 Å². The van der Waals surface area contributed by atoms with Crippen LogP contribution in [0.25, 0.3) is 0 Å². The fourth-order valence-corrected chi connectivity index (χ4v) is 3.79. The molecule has 0 spiro atoms. The quantitative estimate of drug-likeness (QED) is 0.826. The zero-order valence-electron chi connectivity index (χ0n) is 13.2. The molecule has 1 N–H and O–H groups in total. The average Bonchev–Trinajstić information content (AvgIpc) is 3.30. The van der Waals surface area contributed by atoms with Gasteiger partial charge in [-0.05, 0) is 62.1 Å². The van der Waals surface area contributed by atoms with Gasteiger partial charge < -0.3 is 10.2 Å². The second-order valence-corrected chi connectivity index (χ2v) is 7.81. The summed E-state index contributed by atoms with van der Waals surface area (Å²) in [5.41, 5.74) is 2.72. The van der Waals surface area contributed by atoms with Gasteiger partial charge in [-0.25, -0.2) is 0 Å². The highest BCUT2D eigenvalue weighted by atomic mass is 79.9. The monoisotopic (exact) mass is 350 g/mol. The number of hydrogen-bond donors (Lipinski definition) is 1. The predicted molar refractivity (Wildman–Crippen MR) is 93.8 cm³/mol. The number of nitrogens with one attached hydrogen (secondary N) is 1. The maximum Gasteiger partial charge on any atom is 0.0377 e. The number of nitrogens with zero attached hydrogens (tertiary/aromatic N) is 1. The molecule has 0 saturated heterocycles. The molecule has 2 fully saturated rings. The molecule has 3 heteroatoms. The van der Waals surface area contributed by atoms with Crippen molar-refractivity contribution in [1.29, 1.82) is 0 Å². The zero-order valence-corrected chi connectivity index (χ0v) is 14.8. The Morgan fingerprint density at radius 1 is 1.14 bits per heavy atom. The molecule has 21 heavy (non-hydrogen) atoms. The number of benzene rings is 1. The molecule has 0 radical (unpaired) electrons. The lowest BCUT2D eigenvalue weighted by Gasteiger charge is -2.35. The highest BCUT2D eigenvalue weighted by Crippen LogP contribution is 2.31. The van der Waals surface area contributed by atoms with Crippen LogP contribution in [0.2, 0.25) is 0 Å². The SMILES string of the molecule is CC1CCC(N(C)c2ccc(CNC3CC3)c(Br)c2)CC1. The first-order valence-electron chi connectivity index (χ1n) is 8.38. The van der Waals surface area contributed by atoms with Gasteiger partial charge in [0, 0.05) is 35.8 Å². The van der Waals surface area contributed by atoms with Crippen LogP contribution < -0.4 is 10.2 Å². The van der Waals surface area contributed by atoms with E-state index >= 15 is 0 Å². The van der Waals surface area contributed by atoms with Crippen LogP contribution in [0, 0.1) is 5.92 Å². The number of anilines is 1. The van der Waals surface area contributed by atoms with Gasteiger partial charge in [0.25, 0.3) is 0 Å². The Hall–Kier alpha value is -0.540. The summed E-state index contributed by atoms with van der Waals surface area (Å²) in [7, 11) is 2.25. The number of hydrogen-bond acceptors (Lipinski definition) is 2. The van der Waals surface area contributed by atoms with Gasteiger partial charge in [0.2, 0.25) is 0 Å². The zero-order chi connectivity index (χ0) is 14.8. The molecule has 0 aromatic heterocycles. The summed E-state index contributed by atoms with van der Waals surface area (Å²) >= 11 is 3.75. The molecule has 0 heterocycles. The maximum absolute atomic E-state index is 3.75. The summed E-state index contributed by atoms with van der Waals surface area (Å²) < 4.78 is 1.24. The Labute approximate surface area is 137 Å². The van der Waals surface area contributed by atoms with Crippen LogP contribution in [0.4, 0.5) is 5.69 Å². The molecule has 2 aliphatic carbocycles.